The van der Waals surface area contributed by atoms with Crippen LogP contribution < -0.4 is 0 Å². The molecule has 1 heterocycles. The van der Waals surface area contributed by atoms with E-state index in [0.29, 0.717) is 11.3 Å². The Hall–Kier alpha value is -1.45. The molecule has 0 spiro atoms. The van der Waals surface area contributed by atoms with Crippen LogP contribution in [0.5, 0.6) is 0 Å². The van der Waals surface area contributed by atoms with E-state index < -0.39 is 11.6 Å². The zero-order chi connectivity index (χ0) is 9.59. The maximum absolute atomic E-state index is 13.2. The molecule has 0 atom stereocenters. The average molecular weight is 182 g/mol. The van der Waals surface area contributed by atoms with E-state index in [1.807, 2.05) is 0 Å². The summed E-state index contributed by atoms with van der Waals surface area (Å²) in [6, 6.07) is 2.56. The Morgan fingerprint density at radius 2 is 2.00 bits per heavy atom. The molecule has 13 heavy (non-hydrogen) atoms. The van der Waals surface area contributed by atoms with Crippen molar-refractivity contribution < 1.29 is 8.78 Å². The fraction of sp³-hybridized carbons (Fsp3) is 0.222. The van der Waals surface area contributed by atoms with E-state index in [1.54, 1.807) is 14.0 Å². The first-order valence-electron chi connectivity index (χ1n) is 3.88. The van der Waals surface area contributed by atoms with Gasteiger partial charge in [-0.15, -0.1) is 0 Å². The lowest BCUT2D eigenvalue weighted by atomic mass is 10.3. The van der Waals surface area contributed by atoms with Crippen LogP contribution in [0.25, 0.3) is 11.0 Å². The number of hydrogen-bond donors (Lipinski definition) is 0. The van der Waals surface area contributed by atoms with Crippen molar-refractivity contribution in [2.24, 2.45) is 7.05 Å². The molecule has 0 aliphatic carbocycles. The van der Waals surface area contributed by atoms with E-state index in [1.165, 1.54) is 10.6 Å². The summed E-state index contributed by atoms with van der Waals surface area (Å²) < 4.78 is 27.6. The summed E-state index contributed by atoms with van der Waals surface area (Å²) in [7, 11) is 1.66. The van der Waals surface area contributed by atoms with Crippen LogP contribution in [0.4, 0.5) is 8.78 Å². The molecule has 1 aromatic heterocycles. The normalized spacial score (nSPS) is 11.1. The summed E-state index contributed by atoms with van der Waals surface area (Å²) in [5.74, 6) is -1.00. The molecule has 1 aromatic carbocycles. The Morgan fingerprint density at radius 3 is 2.69 bits per heavy atom. The number of benzene rings is 1. The van der Waals surface area contributed by atoms with Gasteiger partial charge in [0.1, 0.15) is 11.3 Å². The van der Waals surface area contributed by atoms with E-state index in [2.05, 4.69) is 4.98 Å². The third-order valence-corrected chi connectivity index (χ3v) is 2.15. The predicted octanol–water partition coefficient (Wildman–Crippen LogP) is 2.16. The van der Waals surface area contributed by atoms with Gasteiger partial charge < -0.3 is 4.57 Å². The van der Waals surface area contributed by atoms with Crippen molar-refractivity contribution in [2.75, 3.05) is 0 Å². The van der Waals surface area contributed by atoms with Crippen LogP contribution in [0, 0.1) is 18.6 Å². The molecule has 0 saturated heterocycles. The summed E-state index contributed by atoms with van der Waals surface area (Å²) in [6.45, 7) is 1.75. The van der Waals surface area contributed by atoms with Crippen LogP contribution in [0.1, 0.15) is 5.82 Å². The molecule has 0 saturated carbocycles. The van der Waals surface area contributed by atoms with Crippen molar-refractivity contribution in [1.82, 2.24) is 9.55 Å². The topological polar surface area (TPSA) is 17.8 Å². The summed E-state index contributed by atoms with van der Waals surface area (Å²) in [6.07, 6.45) is 0. The first-order chi connectivity index (χ1) is 6.11. The second kappa shape index (κ2) is 2.52. The molecule has 68 valence electrons. The lowest BCUT2D eigenvalue weighted by Gasteiger charge is -1.98. The van der Waals surface area contributed by atoms with Crippen molar-refractivity contribution in [3.05, 3.63) is 29.6 Å². The van der Waals surface area contributed by atoms with Gasteiger partial charge in [-0.1, -0.05) is 0 Å². The number of hydrogen-bond acceptors (Lipinski definition) is 1. The zero-order valence-corrected chi connectivity index (χ0v) is 7.31. The van der Waals surface area contributed by atoms with Crippen molar-refractivity contribution in [3.8, 4) is 0 Å². The number of aryl methyl sites for hydroxylation is 2. The minimum Gasteiger partial charge on any atom is -0.329 e. The third-order valence-electron chi connectivity index (χ3n) is 2.15. The Labute approximate surface area is 73.8 Å². The number of fused-ring (bicyclic) bond motifs is 1. The molecule has 0 aliphatic heterocycles. The van der Waals surface area contributed by atoms with E-state index in [9.17, 15) is 8.78 Å². The van der Waals surface area contributed by atoms with E-state index in [-0.39, 0.29) is 5.52 Å². The molecule has 2 nitrogen and oxygen atoms in total. The van der Waals surface area contributed by atoms with Gasteiger partial charge in [-0.3, -0.25) is 0 Å². The molecular weight excluding hydrogens is 174 g/mol. The maximum Gasteiger partial charge on any atom is 0.184 e. The van der Waals surface area contributed by atoms with Gasteiger partial charge in [0.05, 0.1) is 5.52 Å². The standard InChI is InChI=1S/C9H8F2N2/c1-5-12-7-4-3-6(10)8(11)9(7)13(5)2/h3-4H,1-2H3. The lowest BCUT2D eigenvalue weighted by Crippen LogP contribution is -1.94. The highest BCUT2D eigenvalue weighted by Crippen LogP contribution is 2.20. The second-order valence-corrected chi connectivity index (χ2v) is 2.95. The van der Waals surface area contributed by atoms with Gasteiger partial charge >= 0.3 is 0 Å². The first-order valence-corrected chi connectivity index (χ1v) is 3.88. The number of aromatic nitrogens is 2. The lowest BCUT2D eigenvalue weighted by molar-refractivity contribution is 0.513. The van der Waals surface area contributed by atoms with Gasteiger partial charge in [-0.25, -0.2) is 13.8 Å². The quantitative estimate of drug-likeness (QED) is 0.610. The van der Waals surface area contributed by atoms with Crippen LogP contribution in [-0.2, 0) is 7.05 Å². The van der Waals surface area contributed by atoms with E-state index in [4.69, 9.17) is 0 Å². The van der Waals surface area contributed by atoms with E-state index in [0.717, 1.165) is 6.07 Å². The molecule has 0 unspecified atom stereocenters. The zero-order valence-electron chi connectivity index (χ0n) is 7.31. The molecule has 2 rings (SSSR count). The van der Waals surface area contributed by atoms with Crippen LogP contribution in [0.2, 0.25) is 0 Å². The monoisotopic (exact) mass is 182 g/mol. The molecule has 2 aromatic rings. The van der Waals surface area contributed by atoms with Gasteiger partial charge in [0.25, 0.3) is 0 Å². The minimum absolute atomic E-state index is 0.220. The average Bonchev–Trinajstić information content (AvgIpc) is 2.37. The van der Waals surface area contributed by atoms with Gasteiger partial charge in [0, 0.05) is 7.05 Å². The highest BCUT2D eigenvalue weighted by molar-refractivity contribution is 5.76. The smallest absolute Gasteiger partial charge is 0.184 e. The number of imidazole rings is 1. The van der Waals surface area contributed by atoms with Crippen LogP contribution in [0.15, 0.2) is 12.1 Å². The fourth-order valence-corrected chi connectivity index (χ4v) is 1.35. The third kappa shape index (κ3) is 1.02. The summed E-state index contributed by atoms with van der Waals surface area (Å²) in [5, 5.41) is 0. The summed E-state index contributed by atoms with van der Waals surface area (Å²) in [4.78, 5) is 4.07. The molecule has 0 N–H and O–H groups in total. The van der Waals surface area contributed by atoms with Crippen molar-refractivity contribution in [1.29, 1.82) is 0 Å². The fourth-order valence-electron chi connectivity index (χ4n) is 1.35. The van der Waals surface area contributed by atoms with Crippen molar-refractivity contribution >= 4 is 11.0 Å². The summed E-state index contributed by atoms with van der Waals surface area (Å²) in [5.41, 5.74) is 0.705. The molecule has 0 bridgehead atoms. The number of rotatable bonds is 0. The SMILES string of the molecule is Cc1nc2ccc(F)c(F)c2n1C. The Kier molecular flexibility index (Phi) is 1.58. The Morgan fingerprint density at radius 1 is 1.31 bits per heavy atom. The molecule has 0 radical (unpaired) electrons. The Bertz CT molecular complexity index is 474. The van der Waals surface area contributed by atoms with Gasteiger partial charge in [0.2, 0.25) is 0 Å². The van der Waals surface area contributed by atoms with Crippen LogP contribution >= 0.6 is 0 Å². The minimum atomic E-state index is -0.837. The molecule has 0 fully saturated rings. The van der Waals surface area contributed by atoms with E-state index >= 15 is 0 Å². The molecule has 4 heteroatoms. The molecule has 0 aliphatic rings. The summed E-state index contributed by atoms with van der Waals surface area (Å²) >= 11 is 0. The van der Waals surface area contributed by atoms with Crippen LogP contribution in [0.3, 0.4) is 0 Å². The second-order valence-electron chi connectivity index (χ2n) is 2.95. The molecule has 0 amide bonds. The number of nitrogens with zero attached hydrogens (tertiary/aromatic N) is 2. The van der Waals surface area contributed by atoms with Crippen molar-refractivity contribution in [2.45, 2.75) is 6.92 Å². The Balaban J connectivity index is 2.97. The largest absolute Gasteiger partial charge is 0.329 e. The highest BCUT2D eigenvalue weighted by Gasteiger charge is 2.12. The van der Waals surface area contributed by atoms with Gasteiger partial charge in [-0.2, -0.15) is 0 Å². The predicted molar refractivity (Wildman–Crippen MR) is 45.4 cm³/mol. The number of halogens is 2. The van der Waals surface area contributed by atoms with Gasteiger partial charge in [-0.05, 0) is 19.1 Å². The maximum atomic E-state index is 13.2. The highest BCUT2D eigenvalue weighted by atomic mass is 19.2. The van der Waals surface area contributed by atoms with Gasteiger partial charge in [0.15, 0.2) is 11.6 Å². The first kappa shape index (κ1) is 8.16. The van der Waals surface area contributed by atoms with Crippen molar-refractivity contribution in [3.63, 3.8) is 0 Å². The van der Waals surface area contributed by atoms with Crippen LogP contribution in [-0.4, -0.2) is 9.55 Å². The molecular formula is C9H8F2N2.